The van der Waals surface area contributed by atoms with Crippen molar-refractivity contribution in [3.63, 3.8) is 0 Å². The smallest absolute Gasteiger partial charge is 0.171 e. The van der Waals surface area contributed by atoms with Gasteiger partial charge in [-0.3, -0.25) is 0 Å². The Hall–Kier alpha value is 0.01000. The molecule has 72 valence electrons. The minimum Gasteiger partial charge on any atom is -0.171 e. The molecular formula is C8H12BrF3. The van der Waals surface area contributed by atoms with Gasteiger partial charge in [0.15, 0.2) is 0 Å². The van der Waals surface area contributed by atoms with Gasteiger partial charge >= 0.3 is 6.18 Å². The molecule has 0 heterocycles. The number of allylic oxidation sites excluding steroid dienone is 1. The third-order valence-electron chi connectivity index (χ3n) is 1.78. The lowest BCUT2D eigenvalue weighted by Crippen LogP contribution is -2.19. The van der Waals surface area contributed by atoms with Crippen LogP contribution in [0.25, 0.3) is 0 Å². The minimum absolute atomic E-state index is 0.0885. The Kier molecular flexibility index (Phi) is 4.31. The highest BCUT2D eigenvalue weighted by Crippen LogP contribution is 2.32. The van der Waals surface area contributed by atoms with Crippen molar-refractivity contribution in [2.75, 3.05) is 5.33 Å². The zero-order valence-electron chi connectivity index (χ0n) is 6.92. The molecule has 1 unspecified atom stereocenters. The van der Waals surface area contributed by atoms with Crippen molar-refractivity contribution in [3.8, 4) is 0 Å². The third kappa shape index (κ3) is 4.80. The van der Waals surface area contributed by atoms with E-state index < -0.39 is 18.0 Å². The molecule has 0 aliphatic carbocycles. The molecule has 0 bridgehead atoms. The molecule has 0 nitrogen and oxygen atoms in total. The van der Waals surface area contributed by atoms with Gasteiger partial charge in [0.1, 0.15) is 0 Å². The van der Waals surface area contributed by atoms with E-state index >= 15 is 0 Å². The molecule has 12 heavy (non-hydrogen) atoms. The van der Waals surface area contributed by atoms with Gasteiger partial charge in [0, 0.05) is 11.8 Å². The summed E-state index contributed by atoms with van der Waals surface area (Å²) in [5.74, 6) is 0. The van der Waals surface area contributed by atoms with E-state index in [1.165, 1.54) is 0 Å². The Morgan fingerprint density at radius 2 is 1.83 bits per heavy atom. The van der Waals surface area contributed by atoms with E-state index in [1.54, 1.807) is 13.0 Å². The molecule has 0 rings (SSSR count). The summed E-state index contributed by atoms with van der Waals surface area (Å²) in [6, 6.07) is 0. The van der Waals surface area contributed by atoms with E-state index in [0.29, 0.717) is 5.33 Å². The average Bonchev–Trinajstić information content (AvgIpc) is 1.99. The van der Waals surface area contributed by atoms with Crippen LogP contribution in [0.1, 0.15) is 19.8 Å². The van der Waals surface area contributed by atoms with E-state index in [4.69, 9.17) is 0 Å². The highest BCUT2D eigenvalue weighted by molar-refractivity contribution is 9.09. The van der Waals surface area contributed by atoms with Crippen LogP contribution in [-0.2, 0) is 0 Å². The molecule has 0 fully saturated rings. The number of halogens is 4. The van der Waals surface area contributed by atoms with Crippen molar-refractivity contribution in [3.05, 3.63) is 12.7 Å². The van der Waals surface area contributed by atoms with Crippen LogP contribution < -0.4 is 0 Å². The van der Waals surface area contributed by atoms with Gasteiger partial charge in [-0.25, -0.2) is 0 Å². The van der Waals surface area contributed by atoms with Gasteiger partial charge in [0.05, 0.1) is 0 Å². The molecule has 0 saturated carbocycles. The number of alkyl halides is 4. The molecule has 0 amide bonds. The van der Waals surface area contributed by atoms with Crippen molar-refractivity contribution in [2.45, 2.75) is 25.9 Å². The van der Waals surface area contributed by atoms with Crippen LogP contribution in [0, 0.1) is 5.41 Å². The van der Waals surface area contributed by atoms with E-state index in [9.17, 15) is 13.2 Å². The molecule has 4 heteroatoms. The first-order chi connectivity index (χ1) is 5.33. The molecule has 0 saturated heterocycles. The molecule has 0 aliphatic rings. The zero-order valence-corrected chi connectivity index (χ0v) is 8.50. The summed E-state index contributed by atoms with van der Waals surface area (Å²) in [7, 11) is 0. The summed E-state index contributed by atoms with van der Waals surface area (Å²) < 4.78 is 35.4. The van der Waals surface area contributed by atoms with Crippen molar-refractivity contribution in [1.82, 2.24) is 0 Å². The molecule has 0 aromatic heterocycles. The molecule has 1 atom stereocenters. The van der Waals surface area contributed by atoms with Crippen LogP contribution in [0.5, 0.6) is 0 Å². The van der Waals surface area contributed by atoms with Crippen LogP contribution in [0.4, 0.5) is 13.2 Å². The number of rotatable bonds is 4. The maximum atomic E-state index is 11.8. The van der Waals surface area contributed by atoms with E-state index in [1.807, 2.05) is 0 Å². The Bertz CT molecular complexity index is 153. The fourth-order valence-corrected chi connectivity index (χ4v) is 1.16. The summed E-state index contributed by atoms with van der Waals surface area (Å²) in [6.07, 6.45) is -3.16. The van der Waals surface area contributed by atoms with Crippen molar-refractivity contribution < 1.29 is 13.2 Å². The average molecular weight is 245 g/mol. The minimum atomic E-state index is -4.06. The van der Waals surface area contributed by atoms with Crippen LogP contribution in [-0.4, -0.2) is 11.5 Å². The first kappa shape index (κ1) is 12.0. The van der Waals surface area contributed by atoms with Crippen LogP contribution >= 0.6 is 15.9 Å². The molecule has 0 aromatic rings. The quantitative estimate of drug-likeness (QED) is 0.520. The molecule has 0 spiro atoms. The molecule has 0 aliphatic heterocycles. The molecule has 0 aromatic carbocycles. The van der Waals surface area contributed by atoms with Crippen LogP contribution in [0.2, 0.25) is 0 Å². The highest BCUT2D eigenvalue weighted by atomic mass is 79.9. The van der Waals surface area contributed by atoms with E-state index in [0.717, 1.165) is 0 Å². The summed E-state index contributed by atoms with van der Waals surface area (Å²) in [5, 5.41) is 0.513. The molecule has 0 N–H and O–H groups in total. The zero-order chi connectivity index (χ0) is 9.83. The monoisotopic (exact) mass is 244 g/mol. The van der Waals surface area contributed by atoms with Crippen LogP contribution in [0.3, 0.4) is 0 Å². The highest BCUT2D eigenvalue weighted by Gasteiger charge is 2.31. The maximum absolute atomic E-state index is 11.8. The van der Waals surface area contributed by atoms with Gasteiger partial charge in [-0.2, -0.15) is 13.2 Å². The van der Waals surface area contributed by atoms with Crippen molar-refractivity contribution in [2.24, 2.45) is 5.41 Å². The summed E-state index contributed by atoms with van der Waals surface area (Å²) in [5.41, 5.74) is -0.449. The maximum Gasteiger partial charge on any atom is 0.389 e. The predicted molar refractivity (Wildman–Crippen MR) is 47.4 cm³/mol. The van der Waals surface area contributed by atoms with Crippen molar-refractivity contribution >= 4 is 15.9 Å². The normalized spacial score (nSPS) is 17.1. The van der Waals surface area contributed by atoms with Crippen molar-refractivity contribution in [1.29, 1.82) is 0 Å². The lowest BCUT2D eigenvalue weighted by Gasteiger charge is -2.23. The van der Waals surface area contributed by atoms with E-state index in [2.05, 4.69) is 22.5 Å². The lowest BCUT2D eigenvalue weighted by molar-refractivity contribution is -0.138. The SMILES string of the molecule is C=CC(C)(CBr)CCC(F)(F)F. The third-order valence-corrected chi connectivity index (χ3v) is 3.06. The van der Waals surface area contributed by atoms with Gasteiger partial charge < -0.3 is 0 Å². The number of hydrogen-bond acceptors (Lipinski definition) is 0. The second-order valence-corrected chi connectivity index (χ2v) is 3.67. The van der Waals surface area contributed by atoms with Crippen LogP contribution in [0.15, 0.2) is 12.7 Å². The topological polar surface area (TPSA) is 0 Å². The number of hydrogen-bond donors (Lipinski definition) is 0. The lowest BCUT2D eigenvalue weighted by atomic mass is 9.88. The Morgan fingerprint density at radius 1 is 1.33 bits per heavy atom. The largest absolute Gasteiger partial charge is 0.389 e. The van der Waals surface area contributed by atoms with Gasteiger partial charge in [0.25, 0.3) is 0 Å². The fourth-order valence-electron chi connectivity index (χ4n) is 0.651. The summed E-state index contributed by atoms with van der Waals surface area (Å²) >= 11 is 3.16. The Morgan fingerprint density at radius 3 is 2.08 bits per heavy atom. The Balaban J connectivity index is 3.98. The van der Waals surface area contributed by atoms with Gasteiger partial charge in [-0.15, -0.1) is 6.58 Å². The van der Waals surface area contributed by atoms with Gasteiger partial charge in [-0.05, 0) is 11.8 Å². The van der Waals surface area contributed by atoms with E-state index in [-0.39, 0.29) is 6.42 Å². The van der Waals surface area contributed by atoms with Gasteiger partial charge in [-0.1, -0.05) is 28.9 Å². The molecular weight excluding hydrogens is 233 g/mol. The summed E-state index contributed by atoms with van der Waals surface area (Å²) in [6.45, 7) is 5.26. The molecule has 0 radical (unpaired) electrons. The fraction of sp³-hybridized carbons (Fsp3) is 0.750. The predicted octanol–water partition coefficient (Wildman–Crippen LogP) is 3.92. The first-order valence-electron chi connectivity index (χ1n) is 3.59. The first-order valence-corrected chi connectivity index (χ1v) is 4.71. The Labute approximate surface area is 79.0 Å². The second-order valence-electron chi connectivity index (χ2n) is 3.11. The summed E-state index contributed by atoms with van der Waals surface area (Å²) in [4.78, 5) is 0. The standard InChI is InChI=1S/C8H12BrF3/c1-3-7(2,6-9)4-5-8(10,11)12/h3H,1,4-6H2,2H3. The second kappa shape index (κ2) is 4.30. The van der Waals surface area contributed by atoms with Gasteiger partial charge in [0.2, 0.25) is 0 Å².